The standard InChI is InChI=1S/C15H22N2OS/c1-10-3-4-14(13(9-10)15(16)19)17-7-5-12(6-8-17)11(2)18/h3-4,9,11-12,18H,5-8H2,1-2H3,(H2,16,19). The van der Waals surface area contributed by atoms with Gasteiger partial charge in [0.05, 0.1) is 6.10 Å². The van der Waals surface area contributed by atoms with Gasteiger partial charge in [-0.25, -0.2) is 0 Å². The Morgan fingerprint density at radius 2 is 2.05 bits per heavy atom. The Labute approximate surface area is 120 Å². The molecule has 1 fully saturated rings. The highest BCUT2D eigenvalue weighted by Crippen LogP contribution is 2.28. The molecular weight excluding hydrogens is 256 g/mol. The summed E-state index contributed by atoms with van der Waals surface area (Å²) in [4.78, 5) is 2.78. The first-order chi connectivity index (χ1) is 8.99. The maximum absolute atomic E-state index is 9.65. The quantitative estimate of drug-likeness (QED) is 0.833. The first kappa shape index (κ1) is 14.3. The van der Waals surface area contributed by atoms with E-state index in [1.54, 1.807) is 0 Å². The molecule has 0 radical (unpaired) electrons. The molecular formula is C15H22N2OS. The van der Waals surface area contributed by atoms with Gasteiger partial charge in [0.1, 0.15) is 4.99 Å². The summed E-state index contributed by atoms with van der Waals surface area (Å²) in [5.74, 6) is 0.412. The van der Waals surface area contributed by atoms with Crippen LogP contribution in [0.15, 0.2) is 18.2 Å². The van der Waals surface area contributed by atoms with E-state index in [0.29, 0.717) is 10.9 Å². The number of anilines is 1. The van der Waals surface area contributed by atoms with E-state index in [4.69, 9.17) is 18.0 Å². The van der Waals surface area contributed by atoms with Crippen LogP contribution in [-0.2, 0) is 0 Å². The lowest BCUT2D eigenvalue weighted by molar-refractivity contribution is 0.110. The highest BCUT2D eigenvalue weighted by Gasteiger charge is 2.24. The molecule has 1 saturated heterocycles. The van der Waals surface area contributed by atoms with Crippen molar-refractivity contribution in [2.45, 2.75) is 32.8 Å². The number of thiocarbonyl (C=S) groups is 1. The number of hydrogen-bond acceptors (Lipinski definition) is 3. The number of nitrogens with two attached hydrogens (primary N) is 1. The minimum absolute atomic E-state index is 0.213. The van der Waals surface area contributed by atoms with Crippen LogP contribution >= 0.6 is 12.2 Å². The van der Waals surface area contributed by atoms with E-state index >= 15 is 0 Å². The Bertz CT molecular complexity index is 465. The molecule has 104 valence electrons. The van der Waals surface area contributed by atoms with E-state index in [9.17, 15) is 5.11 Å². The van der Waals surface area contributed by atoms with E-state index in [1.807, 2.05) is 13.8 Å². The number of hydrogen-bond donors (Lipinski definition) is 2. The molecule has 3 N–H and O–H groups in total. The molecule has 1 aliphatic heterocycles. The van der Waals surface area contributed by atoms with Crippen molar-refractivity contribution in [2.24, 2.45) is 11.7 Å². The maximum atomic E-state index is 9.65. The Morgan fingerprint density at radius 3 is 2.58 bits per heavy atom. The van der Waals surface area contributed by atoms with Gasteiger partial charge in [-0.05, 0) is 44.7 Å². The van der Waals surface area contributed by atoms with Gasteiger partial charge in [0, 0.05) is 24.3 Å². The van der Waals surface area contributed by atoms with Crippen molar-refractivity contribution in [2.75, 3.05) is 18.0 Å². The van der Waals surface area contributed by atoms with E-state index in [0.717, 1.165) is 37.2 Å². The molecule has 0 saturated carbocycles. The monoisotopic (exact) mass is 278 g/mol. The predicted molar refractivity (Wildman–Crippen MR) is 83.7 cm³/mol. The predicted octanol–water partition coefficient (Wildman–Crippen LogP) is 2.23. The smallest absolute Gasteiger partial charge is 0.106 e. The Morgan fingerprint density at radius 1 is 1.42 bits per heavy atom. The second kappa shape index (κ2) is 5.88. The van der Waals surface area contributed by atoms with Crippen LogP contribution in [0.3, 0.4) is 0 Å². The first-order valence-electron chi connectivity index (χ1n) is 6.82. The van der Waals surface area contributed by atoms with Crippen molar-refractivity contribution in [3.63, 3.8) is 0 Å². The van der Waals surface area contributed by atoms with Crippen LogP contribution in [0.1, 0.15) is 30.9 Å². The first-order valence-corrected chi connectivity index (χ1v) is 7.23. The molecule has 1 aromatic rings. The summed E-state index contributed by atoms with van der Waals surface area (Å²) in [6.45, 7) is 5.83. The molecule has 4 heteroatoms. The minimum Gasteiger partial charge on any atom is -0.393 e. The lowest BCUT2D eigenvalue weighted by atomic mass is 9.91. The SMILES string of the molecule is Cc1ccc(N2CCC(C(C)O)CC2)c(C(N)=S)c1. The van der Waals surface area contributed by atoms with E-state index in [2.05, 4.69) is 23.1 Å². The Hall–Kier alpha value is -1.13. The van der Waals surface area contributed by atoms with Gasteiger partial charge in [-0.15, -0.1) is 0 Å². The molecule has 1 heterocycles. The summed E-state index contributed by atoms with van der Waals surface area (Å²) < 4.78 is 0. The number of aliphatic hydroxyl groups excluding tert-OH is 1. The number of nitrogens with zero attached hydrogens (tertiary/aromatic N) is 1. The normalized spacial score (nSPS) is 18.4. The van der Waals surface area contributed by atoms with Crippen molar-refractivity contribution >= 4 is 22.9 Å². The van der Waals surface area contributed by atoms with Crippen molar-refractivity contribution in [1.82, 2.24) is 0 Å². The van der Waals surface area contributed by atoms with Crippen molar-refractivity contribution in [3.8, 4) is 0 Å². The van der Waals surface area contributed by atoms with Gasteiger partial charge in [0.15, 0.2) is 0 Å². The van der Waals surface area contributed by atoms with Crippen LogP contribution < -0.4 is 10.6 Å². The third-order valence-corrected chi connectivity index (χ3v) is 4.20. The Kier molecular flexibility index (Phi) is 4.42. The highest BCUT2D eigenvalue weighted by atomic mass is 32.1. The lowest BCUT2D eigenvalue weighted by Crippen LogP contribution is -2.38. The fourth-order valence-electron chi connectivity index (χ4n) is 2.75. The summed E-state index contributed by atoms with van der Waals surface area (Å²) in [5.41, 5.74) is 9.09. The van der Waals surface area contributed by atoms with E-state index < -0.39 is 0 Å². The summed E-state index contributed by atoms with van der Waals surface area (Å²) in [5, 5.41) is 9.65. The minimum atomic E-state index is -0.213. The number of benzene rings is 1. The average molecular weight is 278 g/mol. The maximum Gasteiger partial charge on any atom is 0.106 e. The molecule has 1 atom stereocenters. The lowest BCUT2D eigenvalue weighted by Gasteiger charge is -2.35. The van der Waals surface area contributed by atoms with Crippen LogP contribution in [0, 0.1) is 12.8 Å². The molecule has 3 nitrogen and oxygen atoms in total. The number of aliphatic hydroxyl groups is 1. The second-order valence-corrected chi connectivity index (χ2v) is 5.89. The molecule has 0 spiro atoms. The largest absolute Gasteiger partial charge is 0.393 e. The van der Waals surface area contributed by atoms with Gasteiger partial charge in [0.2, 0.25) is 0 Å². The fraction of sp³-hybridized carbons (Fsp3) is 0.533. The summed E-state index contributed by atoms with van der Waals surface area (Å²) in [6, 6.07) is 6.25. The van der Waals surface area contributed by atoms with Crippen LogP contribution in [-0.4, -0.2) is 29.3 Å². The van der Waals surface area contributed by atoms with Gasteiger partial charge in [-0.1, -0.05) is 23.8 Å². The molecule has 0 bridgehead atoms. The molecule has 0 amide bonds. The third-order valence-electron chi connectivity index (χ3n) is 3.98. The molecule has 0 aromatic heterocycles. The van der Waals surface area contributed by atoms with E-state index in [-0.39, 0.29) is 6.10 Å². The topological polar surface area (TPSA) is 49.5 Å². The van der Waals surface area contributed by atoms with Gasteiger partial charge < -0.3 is 15.7 Å². The van der Waals surface area contributed by atoms with Gasteiger partial charge in [0.25, 0.3) is 0 Å². The third kappa shape index (κ3) is 3.25. The van der Waals surface area contributed by atoms with Gasteiger partial charge in [-0.3, -0.25) is 0 Å². The Balaban J connectivity index is 2.17. The van der Waals surface area contributed by atoms with Crippen LogP contribution in [0.5, 0.6) is 0 Å². The van der Waals surface area contributed by atoms with Crippen LogP contribution in [0.4, 0.5) is 5.69 Å². The zero-order chi connectivity index (χ0) is 14.0. The van der Waals surface area contributed by atoms with Crippen molar-refractivity contribution < 1.29 is 5.11 Å². The zero-order valence-corrected chi connectivity index (χ0v) is 12.4. The molecule has 19 heavy (non-hydrogen) atoms. The number of aryl methyl sites for hydroxylation is 1. The fourth-order valence-corrected chi connectivity index (χ4v) is 2.91. The molecule has 1 aromatic carbocycles. The molecule has 1 aliphatic rings. The van der Waals surface area contributed by atoms with E-state index in [1.165, 1.54) is 5.56 Å². The van der Waals surface area contributed by atoms with Crippen LogP contribution in [0.2, 0.25) is 0 Å². The molecule has 1 unspecified atom stereocenters. The van der Waals surface area contributed by atoms with Crippen molar-refractivity contribution in [3.05, 3.63) is 29.3 Å². The summed E-state index contributed by atoms with van der Waals surface area (Å²) in [6.07, 6.45) is 1.82. The zero-order valence-electron chi connectivity index (χ0n) is 11.6. The van der Waals surface area contributed by atoms with Gasteiger partial charge in [-0.2, -0.15) is 0 Å². The number of rotatable bonds is 3. The van der Waals surface area contributed by atoms with Crippen LogP contribution in [0.25, 0.3) is 0 Å². The second-order valence-electron chi connectivity index (χ2n) is 5.45. The number of piperidine rings is 1. The summed E-state index contributed by atoms with van der Waals surface area (Å²) in [7, 11) is 0. The van der Waals surface area contributed by atoms with Gasteiger partial charge >= 0.3 is 0 Å². The van der Waals surface area contributed by atoms with Crippen molar-refractivity contribution in [1.29, 1.82) is 0 Å². The average Bonchev–Trinajstić information content (AvgIpc) is 2.38. The molecule has 2 rings (SSSR count). The highest BCUT2D eigenvalue weighted by molar-refractivity contribution is 7.80. The summed E-state index contributed by atoms with van der Waals surface area (Å²) >= 11 is 5.15. The molecule has 0 aliphatic carbocycles.